The molecule has 2 aromatic carbocycles. The van der Waals surface area contributed by atoms with Crippen molar-refractivity contribution in [2.75, 3.05) is 36.4 Å². The number of rotatable bonds is 5. The highest BCUT2D eigenvalue weighted by Gasteiger charge is 2.17. The molecule has 0 unspecified atom stereocenters. The summed E-state index contributed by atoms with van der Waals surface area (Å²) in [5, 5.41) is 6.49. The van der Waals surface area contributed by atoms with Gasteiger partial charge >= 0.3 is 0 Å². The lowest BCUT2D eigenvalue weighted by Crippen LogP contribution is -2.08. The van der Waals surface area contributed by atoms with Gasteiger partial charge in [-0.25, -0.2) is 4.98 Å². The molecule has 0 spiro atoms. The number of aromatic nitrogens is 2. The molecule has 0 aliphatic carbocycles. The predicted molar refractivity (Wildman–Crippen MR) is 102 cm³/mol. The largest absolute Gasteiger partial charge is 0.454 e. The van der Waals surface area contributed by atoms with Crippen LogP contribution in [0.2, 0.25) is 0 Å². The third kappa shape index (κ3) is 3.32. The standard InChI is InChI=1S/C19H19N5O2/c1-24(2)14-6-3-5-13(11-14)21-19-20-10-9-17(23-19)22-15-7-4-8-16-18(15)26-12-25-16/h3-11H,12H2,1-2H3,(H2,20,21,22,23). The first-order valence-corrected chi connectivity index (χ1v) is 8.22. The summed E-state index contributed by atoms with van der Waals surface area (Å²) >= 11 is 0. The monoisotopic (exact) mass is 349 g/mol. The van der Waals surface area contributed by atoms with E-state index in [2.05, 4.69) is 20.6 Å². The van der Waals surface area contributed by atoms with Crippen molar-refractivity contribution >= 4 is 28.8 Å². The second-order valence-electron chi connectivity index (χ2n) is 6.00. The van der Waals surface area contributed by atoms with Gasteiger partial charge in [0.25, 0.3) is 0 Å². The van der Waals surface area contributed by atoms with Crippen molar-refractivity contribution in [3.8, 4) is 11.5 Å². The Bertz CT molecular complexity index is 929. The van der Waals surface area contributed by atoms with Crippen LogP contribution in [0.3, 0.4) is 0 Å². The molecule has 7 heteroatoms. The molecule has 0 amide bonds. The van der Waals surface area contributed by atoms with Gasteiger partial charge in [-0.2, -0.15) is 4.98 Å². The van der Waals surface area contributed by atoms with Gasteiger partial charge in [0.1, 0.15) is 5.82 Å². The zero-order valence-electron chi connectivity index (χ0n) is 14.6. The average molecular weight is 349 g/mol. The maximum Gasteiger partial charge on any atom is 0.231 e. The maximum absolute atomic E-state index is 5.51. The molecule has 3 aromatic rings. The van der Waals surface area contributed by atoms with Crippen LogP contribution in [-0.4, -0.2) is 30.9 Å². The molecular weight excluding hydrogens is 330 g/mol. The lowest BCUT2D eigenvalue weighted by Gasteiger charge is -2.14. The van der Waals surface area contributed by atoms with Crippen molar-refractivity contribution < 1.29 is 9.47 Å². The summed E-state index contributed by atoms with van der Waals surface area (Å²) in [6.07, 6.45) is 1.70. The molecule has 0 saturated heterocycles. The number of anilines is 5. The van der Waals surface area contributed by atoms with Crippen LogP contribution < -0.4 is 25.0 Å². The Hall–Kier alpha value is -3.48. The maximum atomic E-state index is 5.51. The van der Waals surface area contributed by atoms with E-state index in [9.17, 15) is 0 Å². The van der Waals surface area contributed by atoms with Crippen LogP contribution in [0.15, 0.2) is 54.7 Å². The lowest BCUT2D eigenvalue weighted by atomic mass is 10.2. The SMILES string of the molecule is CN(C)c1cccc(Nc2nccc(Nc3cccc4c3OCO4)n2)c1. The molecule has 1 aromatic heterocycles. The van der Waals surface area contributed by atoms with E-state index in [-0.39, 0.29) is 6.79 Å². The van der Waals surface area contributed by atoms with E-state index in [0.29, 0.717) is 17.5 Å². The Morgan fingerprint density at radius 1 is 1.00 bits per heavy atom. The fourth-order valence-corrected chi connectivity index (χ4v) is 2.65. The summed E-state index contributed by atoms with van der Waals surface area (Å²) in [7, 11) is 4.01. The molecule has 1 aliphatic rings. The molecule has 26 heavy (non-hydrogen) atoms. The van der Waals surface area contributed by atoms with E-state index in [1.165, 1.54) is 0 Å². The number of nitrogens with one attached hydrogen (secondary N) is 2. The number of para-hydroxylation sites is 1. The van der Waals surface area contributed by atoms with Crippen LogP contribution >= 0.6 is 0 Å². The molecule has 2 heterocycles. The van der Waals surface area contributed by atoms with Crippen molar-refractivity contribution in [2.45, 2.75) is 0 Å². The molecule has 0 bridgehead atoms. The Balaban J connectivity index is 1.54. The van der Waals surface area contributed by atoms with Gasteiger partial charge in [0.2, 0.25) is 12.7 Å². The smallest absolute Gasteiger partial charge is 0.231 e. The van der Waals surface area contributed by atoms with Gasteiger partial charge in [-0.3, -0.25) is 0 Å². The molecule has 1 aliphatic heterocycles. The minimum absolute atomic E-state index is 0.229. The first-order valence-electron chi connectivity index (χ1n) is 8.22. The first-order chi connectivity index (χ1) is 12.7. The topological polar surface area (TPSA) is 71.5 Å². The van der Waals surface area contributed by atoms with Crippen molar-refractivity contribution in [1.82, 2.24) is 9.97 Å². The van der Waals surface area contributed by atoms with Gasteiger partial charge in [-0.15, -0.1) is 0 Å². The molecular formula is C19H19N5O2. The van der Waals surface area contributed by atoms with E-state index >= 15 is 0 Å². The number of ether oxygens (including phenoxy) is 2. The summed E-state index contributed by atoms with van der Waals surface area (Å²) < 4.78 is 10.9. The number of fused-ring (bicyclic) bond motifs is 1. The Kier molecular flexibility index (Phi) is 4.18. The van der Waals surface area contributed by atoms with Gasteiger partial charge < -0.3 is 25.0 Å². The summed E-state index contributed by atoms with van der Waals surface area (Å²) in [6.45, 7) is 0.229. The summed E-state index contributed by atoms with van der Waals surface area (Å²) in [5.41, 5.74) is 2.83. The van der Waals surface area contributed by atoms with Gasteiger partial charge in [0.15, 0.2) is 11.5 Å². The Morgan fingerprint density at radius 3 is 2.77 bits per heavy atom. The van der Waals surface area contributed by atoms with E-state index < -0.39 is 0 Å². The lowest BCUT2D eigenvalue weighted by molar-refractivity contribution is 0.174. The highest BCUT2D eigenvalue weighted by atomic mass is 16.7. The van der Waals surface area contributed by atoms with Crippen molar-refractivity contribution in [2.24, 2.45) is 0 Å². The fraction of sp³-hybridized carbons (Fsp3) is 0.158. The average Bonchev–Trinajstić information content (AvgIpc) is 3.12. The normalized spacial score (nSPS) is 11.9. The molecule has 7 nitrogen and oxygen atoms in total. The third-order valence-electron chi connectivity index (χ3n) is 3.93. The van der Waals surface area contributed by atoms with E-state index in [1.54, 1.807) is 12.3 Å². The van der Waals surface area contributed by atoms with Crippen LogP contribution in [0.4, 0.5) is 28.8 Å². The summed E-state index contributed by atoms with van der Waals surface area (Å²) in [4.78, 5) is 10.9. The Labute approximate surface area is 151 Å². The first kappa shape index (κ1) is 16.0. The van der Waals surface area contributed by atoms with E-state index in [0.717, 1.165) is 22.8 Å². The van der Waals surface area contributed by atoms with Crippen LogP contribution in [0.25, 0.3) is 0 Å². The van der Waals surface area contributed by atoms with Crippen LogP contribution in [0.5, 0.6) is 11.5 Å². The zero-order chi connectivity index (χ0) is 17.9. The summed E-state index contributed by atoms with van der Waals surface area (Å²) in [5.74, 6) is 2.59. The molecule has 132 valence electrons. The minimum atomic E-state index is 0.229. The number of benzene rings is 2. The van der Waals surface area contributed by atoms with Gasteiger partial charge in [-0.05, 0) is 36.4 Å². The van der Waals surface area contributed by atoms with Crippen molar-refractivity contribution in [1.29, 1.82) is 0 Å². The predicted octanol–water partition coefficient (Wildman–Crippen LogP) is 3.76. The zero-order valence-corrected chi connectivity index (χ0v) is 14.6. The molecule has 0 fully saturated rings. The highest BCUT2D eigenvalue weighted by molar-refractivity contribution is 5.70. The number of hydrogen-bond donors (Lipinski definition) is 2. The van der Waals surface area contributed by atoms with Gasteiger partial charge in [0.05, 0.1) is 5.69 Å². The molecule has 0 saturated carbocycles. The van der Waals surface area contributed by atoms with Crippen LogP contribution in [0, 0.1) is 0 Å². The third-order valence-corrected chi connectivity index (χ3v) is 3.93. The molecule has 2 N–H and O–H groups in total. The summed E-state index contributed by atoms with van der Waals surface area (Å²) in [6, 6.07) is 15.6. The van der Waals surface area contributed by atoms with Crippen LogP contribution in [0.1, 0.15) is 0 Å². The fourth-order valence-electron chi connectivity index (χ4n) is 2.65. The minimum Gasteiger partial charge on any atom is -0.454 e. The molecule has 0 radical (unpaired) electrons. The quantitative estimate of drug-likeness (QED) is 0.727. The van der Waals surface area contributed by atoms with E-state index in [1.807, 2.05) is 61.5 Å². The van der Waals surface area contributed by atoms with Crippen molar-refractivity contribution in [3.63, 3.8) is 0 Å². The highest BCUT2D eigenvalue weighted by Crippen LogP contribution is 2.39. The van der Waals surface area contributed by atoms with Crippen LogP contribution in [-0.2, 0) is 0 Å². The Morgan fingerprint density at radius 2 is 1.88 bits per heavy atom. The van der Waals surface area contributed by atoms with Gasteiger partial charge in [-0.1, -0.05) is 12.1 Å². The molecule has 4 rings (SSSR count). The van der Waals surface area contributed by atoms with Gasteiger partial charge in [0, 0.05) is 31.7 Å². The number of nitrogens with zero attached hydrogens (tertiary/aromatic N) is 3. The molecule has 0 atom stereocenters. The van der Waals surface area contributed by atoms with Crippen molar-refractivity contribution in [3.05, 3.63) is 54.7 Å². The number of hydrogen-bond acceptors (Lipinski definition) is 7. The second-order valence-corrected chi connectivity index (χ2v) is 6.00. The second kappa shape index (κ2) is 6.79. The van der Waals surface area contributed by atoms with E-state index in [4.69, 9.17) is 9.47 Å².